The number of hydrogen-bond acceptors (Lipinski definition) is 3. The molecular formula is C45H72FNO3. The summed E-state index contributed by atoms with van der Waals surface area (Å²) in [6.07, 6.45) is 24.2. The molecule has 0 radical (unpaired) electrons. The van der Waals surface area contributed by atoms with E-state index in [-0.39, 0.29) is 16.4 Å². The lowest BCUT2D eigenvalue weighted by atomic mass is 9.32. The molecule has 7 aliphatic rings. The summed E-state index contributed by atoms with van der Waals surface area (Å²) < 4.78 is 14.0. The molecule has 0 aromatic rings. The van der Waals surface area contributed by atoms with Crippen molar-refractivity contribution in [1.29, 1.82) is 0 Å². The third-order valence-corrected chi connectivity index (χ3v) is 18.4. The topological polar surface area (TPSA) is 69.6 Å². The molecule has 5 saturated carbocycles. The van der Waals surface area contributed by atoms with Crippen LogP contribution in [0.3, 0.4) is 0 Å². The highest BCUT2D eigenvalue weighted by Gasteiger charge is 2.70. The van der Waals surface area contributed by atoms with Gasteiger partial charge in [0.2, 0.25) is 0 Å². The van der Waals surface area contributed by atoms with Crippen molar-refractivity contribution in [3.8, 4) is 0 Å². The van der Waals surface area contributed by atoms with Crippen LogP contribution in [0.25, 0.3) is 0 Å². The number of rotatable bonds is 8. The van der Waals surface area contributed by atoms with Crippen LogP contribution in [-0.4, -0.2) is 40.5 Å². The Bertz CT molecular complexity index is 1380. The quantitative estimate of drug-likeness (QED) is 0.237. The fourth-order valence-corrected chi connectivity index (χ4v) is 15.4. The van der Waals surface area contributed by atoms with E-state index in [9.17, 15) is 19.4 Å². The van der Waals surface area contributed by atoms with E-state index in [1.165, 1.54) is 81.8 Å². The largest absolute Gasteiger partial charge is 0.481 e. The number of halogens is 1. The Hall–Kier alpha value is -1.20. The second-order valence-electron chi connectivity index (χ2n) is 21.0. The van der Waals surface area contributed by atoms with Crippen molar-refractivity contribution in [2.24, 2.45) is 62.6 Å². The standard InChI is InChI=1S/C45H72FNO3/c1-30(2)32-15-24-45(47-28-27-44(50)18-9-8-10-19-44)26-25-41(6)34(37(32)45)11-12-36-40(5)20-16-33(39(3,4)35(40)17-21-42(36,41)7)31-13-22-43(29-46,23-14-31)38(48)49/h13,16,30,32,34-37,47,50H,8-12,14-15,17-29H2,1-7H3,(H,48,49)/t32-,34+,35-,36+,37+,40-,41+,42+,43-,45-/m0/s1. The number of fused-ring (bicyclic) bond motifs is 7. The SMILES string of the molecule is CC(C)[C@@H]1CC[C@]2(NCCC3(O)CCCCC3)CC[C@]3(C)[C@H](CC[C@@H]4[C@@]5(C)CC=C(C6=CC[C@](CF)(C(=O)O)CC6)C(C)(C)[C@@H]5CC[C@]43C)[C@@H]12. The van der Waals surface area contributed by atoms with E-state index in [0.29, 0.717) is 47.8 Å². The van der Waals surface area contributed by atoms with Gasteiger partial charge in [0.1, 0.15) is 6.67 Å². The molecule has 7 aliphatic carbocycles. The minimum absolute atomic E-state index is 0.0130. The van der Waals surface area contributed by atoms with Crippen LogP contribution in [0.2, 0.25) is 0 Å². The zero-order chi connectivity index (χ0) is 36.0. The fourth-order valence-electron chi connectivity index (χ4n) is 15.4. The summed E-state index contributed by atoms with van der Waals surface area (Å²) in [4.78, 5) is 12.0. The summed E-state index contributed by atoms with van der Waals surface area (Å²) in [7, 11) is 0. The maximum absolute atomic E-state index is 14.0. The first-order chi connectivity index (χ1) is 23.5. The van der Waals surface area contributed by atoms with Gasteiger partial charge in [0.25, 0.3) is 0 Å². The number of allylic oxidation sites excluding steroid dienone is 4. The Labute approximate surface area is 304 Å². The molecule has 0 spiro atoms. The minimum atomic E-state index is -1.24. The summed E-state index contributed by atoms with van der Waals surface area (Å²) in [6, 6.07) is 0. The van der Waals surface area contributed by atoms with Crippen molar-refractivity contribution in [1.82, 2.24) is 5.32 Å². The number of carbonyl (C=O) groups is 1. The van der Waals surface area contributed by atoms with Crippen LogP contribution in [0.5, 0.6) is 0 Å². The van der Waals surface area contributed by atoms with Crippen molar-refractivity contribution in [3.05, 3.63) is 23.3 Å². The van der Waals surface area contributed by atoms with Crippen LogP contribution in [-0.2, 0) is 4.79 Å². The number of nitrogens with one attached hydrogen (secondary N) is 1. The van der Waals surface area contributed by atoms with E-state index < -0.39 is 23.7 Å². The van der Waals surface area contributed by atoms with Crippen LogP contribution >= 0.6 is 0 Å². The van der Waals surface area contributed by atoms with Crippen molar-refractivity contribution >= 4 is 5.97 Å². The Morgan fingerprint density at radius 1 is 0.860 bits per heavy atom. The molecule has 0 heterocycles. The maximum atomic E-state index is 14.0. The molecule has 0 aliphatic heterocycles. The van der Waals surface area contributed by atoms with E-state index in [4.69, 9.17) is 0 Å². The van der Waals surface area contributed by atoms with E-state index in [1.54, 1.807) is 0 Å². The van der Waals surface area contributed by atoms with Gasteiger partial charge in [0.05, 0.1) is 11.0 Å². The highest BCUT2D eigenvalue weighted by molar-refractivity contribution is 5.75. The average Bonchev–Trinajstić information content (AvgIpc) is 3.45. The lowest BCUT2D eigenvalue weighted by molar-refractivity contribution is -0.223. The van der Waals surface area contributed by atoms with Crippen molar-refractivity contribution in [2.75, 3.05) is 13.2 Å². The number of aliphatic carboxylic acids is 1. The average molecular weight is 694 g/mol. The summed E-state index contributed by atoms with van der Waals surface area (Å²) in [6.45, 7) is 18.3. The lowest BCUT2D eigenvalue weighted by Crippen LogP contribution is -2.68. The van der Waals surface area contributed by atoms with E-state index in [0.717, 1.165) is 50.0 Å². The predicted octanol–water partition coefficient (Wildman–Crippen LogP) is 10.8. The van der Waals surface area contributed by atoms with Crippen LogP contribution < -0.4 is 5.32 Å². The third-order valence-electron chi connectivity index (χ3n) is 18.4. The molecule has 50 heavy (non-hydrogen) atoms. The van der Waals surface area contributed by atoms with Gasteiger partial charge in [0, 0.05) is 5.54 Å². The normalized spacial score (nSPS) is 46.6. The Morgan fingerprint density at radius 2 is 1.60 bits per heavy atom. The molecule has 5 heteroatoms. The monoisotopic (exact) mass is 694 g/mol. The van der Waals surface area contributed by atoms with Gasteiger partial charge in [-0.3, -0.25) is 4.79 Å². The van der Waals surface area contributed by atoms with E-state index in [2.05, 4.69) is 65.9 Å². The van der Waals surface area contributed by atoms with Crippen LogP contribution in [0.1, 0.15) is 164 Å². The second-order valence-corrected chi connectivity index (χ2v) is 21.0. The molecule has 0 saturated heterocycles. The molecule has 0 aromatic carbocycles. The lowest BCUT2D eigenvalue weighted by Gasteiger charge is -2.72. The zero-order valence-corrected chi connectivity index (χ0v) is 32.9. The number of hydrogen-bond donors (Lipinski definition) is 3. The highest BCUT2D eigenvalue weighted by atomic mass is 19.1. The number of carboxylic acids is 1. The third kappa shape index (κ3) is 5.40. The van der Waals surface area contributed by atoms with E-state index >= 15 is 0 Å². The minimum Gasteiger partial charge on any atom is -0.481 e. The first-order valence-corrected chi connectivity index (χ1v) is 21.2. The Morgan fingerprint density at radius 3 is 2.24 bits per heavy atom. The Balaban J connectivity index is 1.15. The summed E-state index contributed by atoms with van der Waals surface area (Å²) >= 11 is 0. The fraction of sp³-hybridized carbons (Fsp3) is 0.889. The van der Waals surface area contributed by atoms with Crippen LogP contribution in [0, 0.1) is 62.6 Å². The van der Waals surface area contributed by atoms with Crippen molar-refractivity contribution in [3.63, 3.8) is 0 Å². The molecule has 0 amide bonds. The molecule has 282 valence electrons. The van der Waals surface area contributed by atoms with Gasteiger partial charge in [-0.25, -0.2) is 4.39 Å². The van der Waals surface area contributed by atoms with Crippen LogP contribution in [0.15, 0.2) is 23.3 Å². The molecule has 10 atom stereocenters. The smallest absolute Gasteiger partial charge is 0.312 e. The van der Waals surface area contributed by atoms with Gasteiger partial charge in [-0.05, 0) is 171 Å². The van der Waals surface area contributed by atoms with Crippen molar-refractivity contribution in [2.45, 2.75) is 175 Å². The zero-order valence-electron chi connectivity index (χ0n) is 32.9. The molecular weight excluding hydrogens is 621 g/mol. The van der Waals surface area contributed by atoms with Gasteiger partial charge < -0.3 is 15.5 Å². The maximum Gasteiger partial charge on any atom is 0.312 e. The predicted molar refractivity (Wildman–Crippen MR) is 201 cm³/mol. The first-order valence-electron chi connectivity index (χ1n) is 21.2. The molecule has 4 nitrogen and oxygen atoms in total. The number of aliphatic hydroxyl groups is 1. The molecule has 0 bridgehead atoms. The summed E-state index contributed by atoms with van der Waals surface area (Å²) in [5.74, 6) is 3.25. The van der Waals surface area contributed by atoms with Gasteiger partial charge >= 0.3 is 5.97 Å². The van der Waals surface area contributed by atoms with E-state index in [1.807, 2.05) is 0 Å². The number of alkyl halides is 1. The van der Waals surface area contributed by atoms with Gasteiger partial charge in [-0.15, -0.1) is 0 Å². The van der Waals surface area contributed by atoms with Gasteiger partial charge in [-0.1, -0.05) is 79.9 Å². The van der Waals surface area contributed by atoms with Gasteiger partial charge in [-0.2, -0.15) is 0 Å². The summed E-state index contributed by atoms with van der Waals surface area (Å²) in [5, 5.41) is 25.5. The molecule has 0 aromatic heterocycles. The second kappa shape index (κ2) is 12.7. The van der Waals surface area contributed by atoms with Gasteiger partial charge in [0.15, 0.2) is 0 Å². The summed E-state index contributed by atoms with van der Waals surface area (Å²) in [5.41, 5.74) is 2.14. The molecule has 7 rings (SSSR count). The first kappa shape index (κ1) is 37.1. The molecule has 5 fully saturated rings. The highest BCUT2D eigenvalue weighted by Crippen LogP contribution is 2.76. The molecule has 3 N–H and O–H groups in total. The Kier molecular flexibility index (Phi) is 9.43. The number of carboxylic acid groups (broad SMARTS) is 1. The van der Waals surface area contributed by atoms with Crippen LogP contribution in [0.4, 0.5) is 4.39 Å². The molecule has 0 unspecified atom stereocenters. The van der Waals surface area contributed by atoms with Crippen molar-refractivity contribution < 1.29 is 19.4 Å².